The number of rotatable bonds is 6. The fraction of sp³-hybridized carbons (Fsp3) is 0.417. The smallest absolute Gasteiger partial charge is 0.417 e. The molecule has 0 amide bonds. The second-order valence-electron chi connectivity index (χ2n) is 4.29. The summed E-state index contributed by atoms with van der Waals surface area (Å²) < 4.78 is 64.1. The molecule has 0 aliphatic heterocycles. The predicted molar refractivity (Wildman–Crippen MR) is 68.0 cm³/mol. The van der Waals surface area contributed by atoms with Crippen molar-refractivity contribution in [3.63, 3.8) is 0 Å². The molecule has 0 saturated heterocycles. The Morgan fingerprint density at radius 1 is 1.33 bits per heavy atom. The third-order valence-corrected chi connectivity index (χ3v) is 4.33. The van der Waals surface area contributed by atoms with Crippen molar-refractivity contribution in [1.29, 1.82) is 0 Å². The normalized spacial score (nSPS) is 13.9. The molecule has 2 N–H and O–H groups in total. The predicted octanol–water partition coefficient (Wildman–Crippen LogP) is 2.09. The fourth-order valence-corrected chi connectivity index (χ4v) is 2.94. The van der Waals surface area contributed by atoms with Gasteiger partial charge in [-0.2, -0.15) is 13.2 Å². The van der Waals surface area contributed by atoms with Crippen LogP contribution in [-0.2, 0) is 21.0 Å². The Morgan fingerprint density at radius 2 is 1.90 bits per heavy atom. The lowest BCUT2D eigenvalue weighted by Crippen LogP contribution is -2.33. The number of halogens is 3. The highest BCUT2D eigenvalue weighted by Gasteiger charge is 2.37. The summed E-state index contributed by atoms with van der Waals surface area (Å²) >= 11 is 0. The van der Waals surface area contributed by atoms with Gasteiger partial charge in [-0.15, -0.1) is 0 Å². The van der Waals surface area contributed by atoms with Crippen molar-refractivity contribution < 1.29 is 31.5 Å². The molecule has 0 spiro atoms. The third kappa shape index (κ3) is 4.43. The van der Waals surface area contributed by atoms with Gasteiger partial charge in [-0.1, -0.05) is 19.1 Å². The molecule has 0 aliphatic rings. The largest absolute Gasteiger partial charge is 0.481 e. The topological polar surface area (TPSA) is 83.5 Å². The van der Waals surface area contributed by atoms with E-state index in [1.54, 1.807) is 0 Å². The van der Waals surface area contributed by atoms with E-state index in [1.807, 2.05) is 4.72 Å². The highest BCUT2D eigenvalue weighted by Crippen LogP contribution is 2.33. The van der Waals surface area contributed by atoms with Crippen LogP contribution >= 0.6 is 0 Å². The van der Waals surface area contributed by atoms with Gasteiger partial charge < -0.3 is 5.11 Å². The van der Waals surface area contributed by atoms with Gasteiger partial charge >= 0.3 is 12.1 Å². The van der Waals surface area contributed by atoms with Gasteiger partial charge in [0.15, 0.2) is 0 Å². The number of aliphatic carboxylic acids is 1. The molecule has 0 bridgehead atoms. The summed E-state index contributed by atoms with van der Waals surface area (Å²) in [5, 5.41) is 8.81. The van der Waals surface area contributed by atoms with Crippen molar-refractivity contribution >= 4 is 16.0 Å². The van der Waals surface area contributed by atoms with Crippen molar-refractivity contribution in [1.82, 2.24) is 4.72 Å². The number of alkyl halides is 3. The summed E-state index contributed by atoms with van der Waals surface area (Å²) in [5.41, 5.74) is -1.29. The van der Waals surface area contributed by atoms with E-state index in [9.17, 15) is 26.4 Å². The Balaban J connectivity index is 3.07. The van der Waals surface area contributed by atoms with E-state index in [4.69, 9.17) is 5.11 Å². The standard InChI is InChI=1S/C12H14F3NO4S/c1-2-8(11(17)18)7-16-21(19,20)10-6-4-3-5-9(10)12(13,14)15/h3-6,8,16H,2,7H2,1H3,(H,17,18). The molecule has 118 valence electrons. The highest BCUT2D eigenvalue weighted by molar-refractivity contribution is 7.89. The Kier molecular flexibility index (Phi) is 5.35. The molecule has 0 aromatic heterocycles. The monoisotopic (exact) mass is 325 g/mol. The summed E-state index contributed by atoms with van der Waals surface area (Å²) in [5.74, 6) is -2.22. The van der Waals surface area contributed by atoms with Crippen LogP contribution in [0.25, 0.3) is 0 Å². The van der Waals surface area contributed by atoms with Crippen molar-refractivity contribution in [2.75, 3.05) is 6.54 Å². The average Bonchev–Trinajstić information content (AvgIpc) is 2.38. The van der Waals surface area contributed by atoms with Crippen molar-refractivity contribution in [2.24, 2.45) is 5.92 Å². The zero-order valence-electron chi connectivity index (χ0n) is 11.0. The first-order valence-corrected chi connectivity index (χ1v) is 7.46. The van der Waals surface area contributed by atoms with Crippen LogP contribution in [0.5, 0.6) is 0 Å². The maximum atomic E-state index is 12.8. The van der Waals surface area contributed by atoms with Crippen LogP contribution in [-0.4, -0.2) is 26.0 Å². The molecule has 0 heterocycles. The lowest BCUT2D eigenvalue weighted by atomic mass is 10.1. The molecule has 9 heteroatoms. The molecule has 1 aromatic carbocycles. The van der Waals surface area contributed by atoms with Gasteiger partial charge in [0.05, 0.1) is 16.4 Å². The molecular formula is C12H14F3NO4S. The van der Waals surface area contributed by atoms with Crippen LogP contribution in [0.4, 0.5) is 13.2 Å². The zero-order valence-corrected chi connectivity index (χ0v) is 11.8. The Bertz CT molecular complexity index is 613. The van der Waals surface area contributed by atoms with Crippen molar-refractivity contribution in [3.8, 4) is 0 Å². The van der Waals surface area contributed by atoms with E-state index in [0.717, 1.165) is 18.2 Å². The maximum absolute atomic E-state index is 12.8. The summed E-state index contributed by atoms with van der Waals surface area (Å²) in [7, 11) is -4.45. The second kappa shape index (κ2) is 6.44. The van der Waals surface area contributed by atoms with Crippen LogP contribution in [0.2, 0.25) is 0 Å². The van der Waals surface area contributed by atoms with Gasteiger partial charge in [-0.25, -0.2) is 13.1 Å². The SMILES string of the molecule is CCC(CNS(=O)(=O)c1ccccc1C(F)(F)F)C(=O)O. The van der Waals surface area contributed by atoms with E-state index in [0.29, 0.717) is 6.07 Å². The number of carboxylic acids is 1. The number of hydrogen-bond donors (Lipinski definition) is 2. The van der Waals surface area contributed by atoms with E-state index in [2.05, 4.69) is 0 Å². The Morgan fingerprint density at radius 3 is 2.38 bits per heavy atom. The van der Waals surface area contributed by atoms with Crippen LogP contribution < -0.4 is 4.72 Å². The van der Waals surface area contributed by atoms with Crippen LogP contribution in [0, 0.1) is 5.92 Å². The van der Waals surface area contributed by atoms with Gasteiger partial charge in [0.1, 0.15) is 0 Å². The first kappa shape index (κ1) is 17.4. The van der Waals surface area contributed by atoms with Gasteiger partial charge in [0.2, 0.25) is 10.0 Å². The average molecular weight is 325 g/mol. The summed E-state index contributed by atoms with van der Waals surface area (Å²) in [6, 6.07) is 3.72. The summed E-state index contributed by atoms with van der Waals surface area (Å²) in [6.07, 6.45) is -4.67. The van der Waals surface area contributed by atoms with Gasteiger partial charge in [0.25, 0.3) is 0 Å². The summed E-state index contributed by atoms with van der Waals surface area (Å²) in [6.45, 7) is 1.07. The van der Waals surface area contributed by atoms with Crippen molar-refractivity contribution in [3.05, 3.63) is 29.8 Å². The number of carboxylic acid groups (broad SMARTS) is 1. The van der Waals surface area contributed by atoms with E-state index < -0.39 is 45.1 Å². The number of hydrogen-bond acceptors (Lipinski definition) is 3. The fourth-order valence-electron chi connectivity index (χ4n) is 1.63. The minimum atomic E-state index is -4.82. The van der Waals surface area contributed by atoms with E-state index >= 15 is 0 Å². The molecule has 5 nitrogen and oxygen atoms in total. The minimum absolute atomic E-state index is 0.152. The quantitative estimate of drug-likeness (QED) is 0.839. The lowest BCUT2D eigenvalue weighted by molar-refractivity contribution is -0.142. The van der Waals surface area contributed by atoms with E-state index in [-0.39, 0.29) is 6.42 Å². The van der Waals surface area contributed by atoms with Crippen molar-refractivity contribution in [2.45, 2.75) is 24.4 Å². The van der Waals surface area contributed by atoms with Crippen LogP contribution in [0.15, 0.2) is 29.2 Å². The molecule has 1 rings (SSSR count). The Hall–Kier alpha value is -1.61. The minimum Gasteiger partial charge on any atom is -0.481 e. The maximum Gasteiger partial charge on any atom is 0.417 e. The molecule has 21 heavy (non-hydrogen) atoms. The molecule has 1 aromatic rings. The first-order chi connectivity index (χ1) is 9.59. The molecule has 1 unspecified atom stereocenters. The van der Waals surface area contributed by atoms with Gasteiger partial charge in [-0.3, -0.25) is 4.79 Å². The number of carbonyl (C=O) groups is 1. The Labute approximate surface area is 119 Å². The van der Waals surface area contributed by atoms with Gasteiger partial charge in [-0.05, 0) is 18.6 Å². The molecule has 0 fully saturated rings. The number of nitrogens with one attached hydrogen (secondary N) is 1. The molecule has 0 saturated carbocycles. The second-order valence-corrected chi connectivity index (χ2v) is 6.02. The first-order valence-electron chi connectivity index (χ1n) is 5.98. The molecular weight excluding hydrogens is 311 g/mol. The number of sulfonamides is 1. The lowest BCUT2D eigenvalue weighted by Gasteiger charge is -2.15. The van der Waals surface area contributed by atoms with Crippen LogP contribution in [0.3, 0.4) is 0 Å². The molecule has 0 radical (unpaired) electrons. The van der Waals surface area contributed by atoms with E-state index in [1.165, 1.54) is 6.92 Å². The zero-order chi connectivity index (χ0) is 16.3. The number of benzene rings is 1. The van der Waals surface area contributed by atoms with Gasteiger partial charge in [0, 0.05) is 6.54 Å². The summed E-state index contributed by atoms with van der Waals surface area (Å²) in [4.78, 5) is 9.88. The highest BCUT2D eigenvalue weighted by atomic mass is 32.2. The third-order valence-electron chi connectivity index (χ3n) is 2.84. The van der Waals surface area contributed by atoms with Crippen LogP contribution in [0.1, 0.15) is 18.9 Å². The molecule has 1 atom stereocenters. The molecule has 0 aliphatic carbocycles.